The molecule has 2 unspecified atom stereocenters. The molecule has 0 N–H and O–H groups in total. The SMILES string of the molecule is CCCC1CCN(C(=O)OC(C)(C)C)C1COc1cccnc1. The van der Waals surface area contributed by atoms with E-state index in [9.17, 15) is 4.79 Å². The standard InChI is InChI=1S/C18H28N2O3/c1-5-7-14-9-11-20(17(21)23-18(2,3)4)16(14)13-22-15-8-6-10-19-12-15/h6,8,10,12,14,16H,5,7,9,11,13H2,1-4H3. The maximum atomic E-state index is 12.5. The molecular formula is C18H28N2O3. The Morgan fingerprint density at radius 3 is 2.83 bits per heavy atom. The molecule has 1 amide bonds. The largest absolute Gasteiger partial charge is 0.490 e. The molecule has 0 radical (unpaired) electrons. The van der Waals surface area contributed by atoms with Gasteiger partial charge in [0.15, 0.2) is 0 Å². The fourth-order valence-electron chi connectivity index (χ4n) is 3.01. The lowest BCUT2D eigenvalue weighted by Crippen LogP contribution is -2.44. The van der Waals surface area contributed by atoms with E-state index < -0.39 is 5.60 Å². The van der Waals surface area contributed by atoms with Crippen molar-refractivity contribution in [1.82, 2.24) is 9.88 Å². The molecule has 2 atom stereocenters. The number of hydrogen-bond donors (Lipinski definition) is 0. The van der Waals surface area contributed by atoms with Crippen molar-refractivity contribution in [2.24, 2.45) is 5.92 Å². The fraction of sp³-hybridized carbons (Fsp3) is 0.667. The van der Waals surface area contributed by atoms with Gasteiger partial charge in [-0.1, -0.05) is 13.3 Å². The molecule has 5 heteroatoms. The molecule has 1 fully saturated rings. The zero-order chi connectivity index (χ0) is 16.9. The second-order valence-corrected chi connectivity index (χ2v) is 7.08. The molecule has 0 aromatic carbocycles. The van der Waals surface area contributed by atoms with Crippen molar-refractivity contribution in [3.05, 3.63) is 24.5 Å². The van der Waals surface area contributed by atoms with Crippen molar-refractivity contribution in [3.63, 3.8) is 0 Å². The van der Waals surface area contributed by atoms with Crippen LogP contribution in [0.3, 0.4) is 0 Å². The summed E-state index contributed by atoms with van der Waals surface area (Å²) < 4.78 is 11.4. The Bertz CT molecular complexity index is 499. The van der Waals surface area contributed by atoms with Crippen LogP contribution >= 0.6 is 0 Å². The van der Waals surface area contributed by atoms with Gasteiger partial charge in [0.25, 0.3) is 0 Å². The number of nitrogens with zero attached hydrogens (tertiary/aromatic N) is 2. The number of ether oxygens (including phenoxy) is 2. The Balaban J connectivity index is 2.03. The summed E-state index contributed by atoms with van der Waals surface area (Å²) in [6, 6.07) is 3.79. The second-order valence-electron chi connectivity index (χ2n) is 7.08. The first-order valence-corrected chi connectivity index (χ1v) is 8.43. The van der Waals surface area contributed by atoms with E-state index in [4.69, 9.17) is 9.47 Å². The molecule has 1 aromatic heterocycles. The van der Waals surface area contributed by atoms with E-state index in [1.807, 2.05) is 37.8 Å². The van der Waals surface area contributed by atoms with Gasteiger partial charge >= 0.3 is 6.09 Å². The Morgan fingerprint density at radius 2 is 2.22 bits per heavy atom. The predicted molar refractivity (Wildman–Crippen MR) is 89.5 cm³/mol. The molecule has 5 nitrogen and oxygen atoms in total. The van der Waals surface area contributed by atoms with Crippen LogP contribution in [0.4, 0.5) is 4.79 Å². The van der Waals surface area contributed by atoms with Gasteiger partial charge in [0.1, 0.15) is 18.0 Å². The number of rotatable bonds is 5. The average Bonchev–Trinajstić information content (AvgIpc) is 2.88. The minimum Gasteiger partial charge on any atom is -0.490 e. The van der Waals surface area contributed by atoms with Crippen molar-refractivity contribution < 1.29 is 14.3 Å². The molecule has 1 aliphatic rings. The Kier molecular flexibility index (Phi) is 5.85. The van der Waals surface area contributed by atoms with E-state index in [0.717, 1.165) is 31.6 Å². The number of likely N-dealkylation sites (tertiary alicyclic amines) is 1. The zero-order valence-electron chi connectivity index (χ0n) is 14.6. The molecule has 128 valence electrons. The highest BCUT2D eigenvalue weighted by Crippen LogP contribution is 2.30. The molecule has 0 saturated carbocycles. The van der Waals surface area contributed by atoms with Gasteiger partial charge in [0.05, 0.1) is 12.2 Å². The zero-order valence-corrected chi connectivity index (χ0v) is 14.6. The number of carbonyl (C=O) groups excluding carboxylic acids is 1. The third-order valence-corrected chi connectivity index (χ3v) is 4.03. The normalized spacial score (nSPS) is 21.3. The first-order chi connectivity index (χ1) is 10.9. The lowest BCUT2D eigenvalue weighted by atomic mass is 9.96. The molecule has 1 aliphatic heterocycles. The second kappa shape index (κ2) is 7.66. The highest BCUT2D eigenvalue weighted by atomic mass is 16.6. The van der Waals surface area contributed by atoms with Crippen LogP contribution in [0.5, 0.6) is 5.75 Å². The van der Waals surface area contributed by atoms with Crippen molar-refractivity contribution >= 4 is 6.09 Å². The lowest BCUT2D eigenvalue weighted by Gasteiger charge is -2.30. The van der Waals surface area contributed by atoms with Gasteiger partial charge in [-0.3, -0.25) is 4.98 Å². The summed E-state index contributed by atoms with van der Waals surface area (Å²) in [5.74, 6) is 1.20. The number of pyridine rings is 1. The summed E-state index contributed by atoms with van der Waals surface area (Å²) in [5.41, 5.74) is -0.477. The molecular weight excluding hydrogens is 292 g/mol. The van der Waals surface area contributed by atoms with E-state index in [1.165, 1.54) is 0 Å². The quantitative estimate of drug-likeness (QED) is 0.826. The first-order valence-electron chi connectivity index (χ1n) is 8.43. The van der Waals surface area contributed by atoms with Gasteiger partial charge in [-0.25, -0.2) is 4.79 Å². The molecule has 0 aliphatic carbocycles. The topological polar surface area (TPSA) is 51.7 Å². The van der Waals surface area contributed by atoms with Crippen LogP contribution in [-0.2, 0) is 4.74 Å². The van der Waals surface area contributed by atoms with Crippen LogP contribution < -0.4 is 4.74 Å². The van der Waals surface area contributed by atoms with E-state index in [-0.39, 0.29) is 12.1 Å². The van der Waals surface area contributed by atoms with Crippen molar-refractivity contribution in [2.75, 3.05) is 13.2 Å². The number of amides is 1. The van der Waals surface area contributed by atoms with E-state index in [1.54, 1.807) is 12.4 Å². The third-order valence-electron chi connectivity index (χ3n) is 4.03. The van der Waals surface area contributed by atoms with Gasteiger partial charge in [0, 0.05) is 12.7 Å². The summed E-state index contributed by atoms with van der Waals surface area (Å²) in [6.07, 6.45) is 6.39. The van der Waals surface area contributed by atoms with Gasteiger partial charge in [-0.2, -0.15) is 0 Å². The van der Waals surface area contributed by atoms with Crippen molar-refractivity contribution in [3.8, 4) is 5.75 Å². The molecule has 0 spiro atoms. The number of aromatic nitrogens is 1. The maximum Gasteiger partial charge on any atom is 0.410 e. The monoisotopic (exact) mass is 320 g/mol. The number of carbonyl (C=O) groups is 1. The smallest absolute Gasteiger partial charge is 0.410 e. The van der Waals surface area contributed by atoms with Crippen LogP contribution in [0.15, 0.2) is 24.5 Å². The van der Waals surface area contributed by atoms with Crippen molar-refractivity contribution in [1.29, 1.82) is 0 Å². The van der Waals surface area contributed by atoms with Crippen LogP contribution in [0.2, 0.25) is 0 Å². The van der Waals surface area contributed by atoms with Gasteiger partial charge < -0.3 is 14.4 Å². The Hall–Kier alpha value is -1.78. The minimum atomic E-state index is -0.477. The summed E-state index contributed by atoms with van der Waals surface area (Å²) in [4.78, 5) is 18.4. The summed E-state index contributed by atoms with van der Waals surface area (Å²) >= 11 is 0. The first kappa shape index (κ1) is 17.6. The molecule has 2 heterocycles. The average molecular weight is 320 g/mol. The highest BCUT2D eigenvalue weighted by Gasteiger charge is 2.39. The van der Waals surface area contributed by atoms with Crippen LogP contribution in [-0.4, -0.2) is 40.8 Å². The van der Waals surface area contributed by atoms with Gasteiger partial charge in [-0.05, 0) is 51.7 Å². The van der Waals surface area contributed by atoms with Crippen LogP contribution in [0.25, 0.3) is 0 Å². The lowest BCUT2D eigenvalue weighted by molar-refractivity contribution is 0.0157. The van der Waals surface area contributed by atoms with Gasteiger partial charge in [-0.15, -0.1) is 0 Å². The summed E-state index contributed by atoms with van der Waals surface area (Å²) in [7, 11) is 0. The molecule has 1 saturated heterocycles. The molecule has 23 heavy (non-hydrogen) atoms. The molecule has 2 rings (SSSR count). The van der Waals surface area contributed by atoms with Crippen molar-refractivity contribution in [2.45, 2.75) is 58.6 Å². The summed E-state index contributed by atoms with van der Waals surface area (Å²) in [5, 5.41) is 0. The highest BCUT2D eigenvalue weighted by molar-refractivity contribution is 5.69. The molecule has 0 bridgehead atoms. The van der Waals surface area contributed by atoms with E-state index in [2.05, 4.69) is 11.9 Å². The Labute approximate surface area is 139 Å². The maximum absolute atomic E-state index is 12.5. The van der Waals surface area contributed by atoms with E-state index in [0.29, 0.717) is 12.5 Å². The predicted octanol–water partition coefficient (Wildman–Crippen LogP) is 3.89. The minimum absolute atomic E-state index is 0.0602. The Morgan fingerprint density at radius 1 is 1.43 bits per heavy atom. The van der Waals surface area contributed by atoms with Crippen LogP contribution in [0, 0.1) is 5.92 Å². The van der Waals surface area contributed by atoms with Crippen LogP contribution in [0.1, 0.15) is 47.0 Å². The fourth-order valence-corrected chi connectivity index (χ4v) is 3.01. The third kappa shape index (κ3) is 5.12. The van der Waals surface area contributed by atoms with E-state index >= 15 is 0 Å². The van der Waals surface area contributed by atoms with Gasteiger partial charge in [0.2, 0.25) is 0 Å². The molecule has 1 aromatic rings. The summed E-state index contributed by atoms with van der Waals surface area (Å²) in [6.45, 7) is 9.08. The number of hydrogen-bond acceptors (Lipinski definition) is 4.